The van der Waals surface area contributed by atoms with E-state index in [1.165, 1.54) is 19.2 Å². The molecule has 1 heterocycles. The van der Waals surface area contributed by atoms with Crippen LogP contribution in [0.3, 0.4) is 0 Å². The molecule has 0 saturated carbocycles. The van der Waals surface area contributed by atoms with Crippen molar-refractivity contribution in [3.05, 3.63) is 60.0 Å². The van der Waals surface area contributed by atoms with Gasteiger partial charge in [-0.3, -0.25) is 4.79 Å². The van der Waals surface area contributed by atoms with E-state index in [1.807, 2.05) is 0 Å². The number of nitrogens with zero attached hydrogens (tertiary/aromatic N) is 2. The van der Waals surface area contributed by atoms with Gasteiger partial charge in [0, 0.05) is 30.2 Å². The van der Waals surface area contributed by atoms with Gasteiger partial charge in [0.25, 0.3) is 0 Å². The number of benzene rings is 2. The van der Waals surface area contributed by atoms with E-state index in [0.29, 0.717) is 11.4 Å². The smallest absolute Gasteiger partial charge is 0.416 e. The number of aromatic nitrogens is 2. The molecule has 0 unspecified atom stereocenters. The summed E-state index contributed by atoms with van der Waals surface area (Å²) >= 11 is 0. The van der Waals surface area contributed by atoms with Crippen molar-refractivity contribution in [2.45, 2.75) is 19.0 Å². The van der Waals surface area contributed by atoms with Crippen molar-refractivity contribution in [2.24, 2.45) is 0 Å². The summed E-state index contributed by atoms with van der Waals surface area (Å²) in [7, 11) is 1.53. The van der Waals surface area contributed by atoms with E-state index >= 15 is 0 Å². The zero-order valence-electron chi connectivity index (χ0n) is 14.8. The van der Waals surface area contributed by atoms with Gasteiger partial charge in [-0.05, 0) is 30.3 Å². The number of amides is 1. The lowest BCUT2D eigenvalue weighted by atomic mass is 10.1. The second-order valence-electron chi connectivity index (χ2n) is 5.86. The van der Waals surface area contributed by atoms with E-state index in [1.54, 1.807) is 24.3 Å². The van der Waals surface area contributed by atoms with Crippen LogP contribution in [-0.2, 0) is 17.4 Å². The van der Waals surface area contributed by atoms with Crippen molar-refractivity contribution in [1.82, 2.24) is 10.2 Å². The number of ether oxygens (including phenoxy) is 1. The topological polar surface area (TPSA) is 77.2 Å². The fraction of sp³-hybridized carbons (Fsp3) is 0.211. The number of anilines is 1. The van der Waals surface area contributed by atoms with Crippen molar-refractivity contribution in [2.75, 3.05) is 12.4 Å². The highest BCUT2D eigenvalue weighted by Gasteiger charge is 2.30. The maximum absolute atomic E-state index is 12.8. The monoisotopic (exact) mass is 391 g/mol. The van der Waals surface area contributed by atoms with Crippen LogP contribution in [0.25, 0.3) is 11.5 Å². The molecule has 3 aromatic rings. The summed E-state index contributed by atoms with van der Waals surface area (Å²) in [6.07, 6.45) is -4.24. The fourth-order valence-corrected chi connectivity index (χ4v) is 2.44. The average molecular weight is 391 g/mol. The van der Waals surface area contributed by atoms with Crippen LogP contribution < -0.4 is 10.1 Å². The van der Waals surface area contributed by atoms with Gasteiger partial charge in [-0.1, -0.05) is 12.1 Å². The molecule has 0 bridgehead atoms. The average Bonchev–Trinajstić information content (AvgIpc) is 3.15. The normalized spacial score (nSPS) is 11.3. The summed E-state index contributed by atoms with van der Waals surface area (Å²) in [6, 6.07) is 11.5. The third-order valence-corrected chi connectivity index (χ3v) is 3.82. The van der Waals surface area contributed by atoms with Gasteiger partial charge < -0.3 is 14.5 Å². The molecule has 6 nitrogen and oxygen atoms in total. The van der Waals surface area contributed by atoms with Gasteiger partial charge in [0.2, 0.25) is 17.7 Å². The molecule has 0 radical (unpaired) electrons. The van der Waals surface area contributed by atoms with Crippen molar-refractivity contribution in [3.63, 3.8) is 0 Å². The molecule has 0 aliphatic heterocycles. The maximum atomic E-state index is 12.8. The van der Waals surface area contributed by atoms with Crippen LogP contribution >= 0.6 is 0 Å². The molecule has 0 spiro atoms. The van der Waals surface area contributed by atoms with E-state index in [9.17, 15) is 18.0 Å². The van der Waals surface area contributed by atoms with Crippen LogP contribution in [0.1, 0.15) is 17.9 Å². The van der Waals surface area contributed by atoms with Crippen molar-refractivity contribution >= 4 is 11.6 Å². The number of rotatable bonds is 6. The third kappa shape index (κ3) is 4.87. The van der Waals surface area contributed by atoms with Crippen LogP contribution in [-0.4, -0.2) is 23.2 Å². The Labute approximate surface area is 158 Å². The Morgan fingerprint density at radius 3 is 2.68 bits per heavy atom. The SMILES string of the molecule is COc1cccc(NC(=O)CCc2nnc(-c3cccc(C(F)(F)F)c3)o2)c1. The highest BCUT2D eigenvalue weighted by atomic mass is 19.4. The predicted octanol–water partition coefficient (Wildman–Crippen LogP) is 4.34. The van der Waals surface area contributed by atoms with E-state index in [0.717, 1.165) is 12.1 Å². The van der Waals surface area contributed by atoms with E-state index in [-0.39, 0.29) is 36.1 Å². The first-order valence-corrected chi connectivity index (χ1v) is 8.29. The van der Waals surface area contributed by atoms with Gasteiger partial charge in [0.15, 0.2) is 0 Å². The number of methoxy groups -OCH3 is 1. The molecule has 9 heteroatoms. The molecule has 0 aliphatic rings. The Bertz CT molecular complexity index is 970. The minimum absolute atomic E-state index is 0.0331. The first-order valence-electron chi connectivity index (χ1n) is 8.29. The number of hydrogen-bond donors (Lipinski definition) is 1. The van der Waals surface area contributed by atoms with Gasteiger partial charge in [0.05, 0.1) is 12.7 Å². The number of nitrogens with one attached hydrogen (secondary N) is 1. The summed E-state index contributed by atoms with van der Waals surface area (Å²) in [5.41, 5.74) is -0.0589. The molecule has 0 fully saturated rings. The third-order valence-electron chi connectivity index (χ3n) is 3.82. The van der Waals surface area contributed by atoms with Crippen molar-refractivity contribution < 1.29 is 27.1 Å². The summed E-state index contributed by atoms with van der Waals surface area (Å²) in [5.74, 6) is 0.468. The molecule has 1 amide bonds. The number of carbonyl (C=O) groups excluding carboxylic acids is 1. The second kappa shape index (κ2) is 8.12. The predicted molar refractivity (Wildman–Crippen MR) is 94.7 cm³/mol. The molecule has 0 atom stereocenters. The molecule has 2 aromatic carbocycles. The van der Waals surface area contributed by atoms with Gasteiger partial charge >= 0.3 is 6.18 Å². The van der Waals surface area contributed by atoms with E-state index in [4.69, 9.17) is 9.15 Å². The Morgan fingerprint density at radius 1 is 1.14 bits per heavy atom. The summed E-state index contributed by atoms with van der Waals surface area (Å²) in [4.78, 5) is 12.1. The Hall–Kier alpha value is -3.36. The minimum atomic E-state index is -4.46. The number of hydrogen-bond acceptors (Lipinski definition) is 5. The zero-order valence-corrected chi connectivity index (χ0v) is 14.8. The lowest BCUT2D eigenvalue weighted by molar-refractivity contribution is -0.137. The highest BCUT2D eigenvalue weighted by molar-refractivity contribution is 5.90. The van der Waals surface area contributed by atoms with Crippen molar-refractivity contribution in [3.8, 4) is 17.2 Å². The summed E-state index contributed by atoms with van der Waals surface area (Å²) < 4.78 is 48.9. The summed E-state index contributed by atoms with van der Waals surface area (Å²) in [6.45, 7) is 0. The van der Waals surface area contributed by atoms with Gasteiger partial charge in [-0.2, -0.15) is 13.2 Å². The molecule has 146 valence electrons. The highest BCUT2D eigenvalue weighted by Crippen LogP contribution is 2.31. The second-order valence-corrected chi connectivity index (χ2v) is 5.86. The Morgan fingerprint density at radius 2 is 1.93 bits per heavy atom. The van der Waals surface area contributed by atoms with Crippen molar-refractivity contribution in [1.29, 1.82) is 0 Å². The first kappa shape index (κ1) is 19.4. The molecule has 0 aliphatic carbocycles. The molecule has 1 aromatic heterocycles. The molecular weight excluding hydrogens is 375 g/mol. The fourth-order valence-electron chi connectivity index (χ4n) is 2.44. The minimum Gasteiger partial charge on any atom is -0.497 e. The number of aryl methyl sites for hydroxylation is 1. The Balaban J connectivity index is 1.61. The number of halogens is 3. The zero-order chi connectivity index (χ0) is 20.1. The molecular formula is C19H16F3N3O3. The molecule has 3 rings (SSSR count). The van der Waals surface area contributed by atoms with E-state index in [2.05, 4.69) is 15.5 Å². The molecule has 28 heavy (non-hydrogen) atoms. The van der Waals surface area contributed by atoms with Crippen LogP contribution in [0, 0.1) is 0 Å². The number of carbonyl (C=O) groups is 1. The van der Waals surface area contributed by atoms with E-state index < -0.39 is 11.7 Å². The van der Waals surface area contributed by atoms with Crippen LogP contribution in [0.5, 0.6) is 5.75 Å². The largest absolute Gasteiger partial charge is 0.497 e. The lowest BCUT2D eigenvalue weighted by Gasteiger charge is -2.06. The molecule has 0 saturated heterocycles. The standard InChI is InChI=1S/C19H16F3N3O3/c1-27-15-7-3-6-14(11-15)23-16(26)8-9-17-24-25-18(28-17)12-4-2-5-13(10-12)19(20,21)22/h2-7,10-11H,8-9H2,1H3,(H,23,26). The molecule has 1 N–H and O–H groups in total. The quantitative estimate of drug-likeness (QED) is 0.677. The number of alkyl halides is 3. The maximum Gasteiger partial charge on any atom is 0.416 e. The van der Waals surface area contributed by atoms with Crippen LogP contribution in [0.15, 0.2) is 52.9 Å². The lowest BCUT2D eigenvalue weighted by Crippen LogP contribution is -2.12. The van der Waals surface area contributed by atoms with Gasteiger partial charge in [0.1, 0.15) is 5.75 Å². The summed E-state index contributed by atoms with van der Waals surface area (Å²) in [5, 5.41) is 10.3. The van der Waals surface area contributed by atoms with Gasteiger partial charge in [-0.15, -0.1) is 10.2 Å². The first-order chi connectivity index (χ1) is 13.3. The van der Waals surface area contributed by atoms with Crippen LogP contribution in [0.4, 0.5) is 18.9 Å². The Kier molecular flexibility index (Phi) is 5.62. The van der Waals surface area contributed by atoms with Gasteiger partial charge in [-0.25, -0.2) is 0 Å². The van der Waals surface area contributed by atoms with Crippen LogP contribution in [0.2, 0.25) is 0 Å².